The molecule has 650 valence electrons. The number of unbranched alkanes of at least 4 members (excludes halogenated alkanes) is 4. The Hall–Kier alpha value is -6.90. The molecular formula is C83H110Br2F4N6O19P2S2. The largest absolute Gasteiger partial charge is 0.467 e. The number of amides is 5. The Labute approximate surface area is 706 Å². The first kappa shape index (κ1) is 96.6. The van der Waals surface area contributed by atoms with E-state index in [0.717, 1.165) is 94.9 Å². The quantitative estimate of drug-likeness (QED) is 0.00613. The topological polar surface area (TPSA) is 338 Å². The van der Waals surface area contributed by atoms with E-state index in [9.17, 15) is 72.3 Å². The summed E-state index contributed by atoms with van der Waals surface area (Å²) >= 11 is 6.56. The SMILES string of the molecule is C=CCCCC[C@@H](C)[C@H](NC(=O)OC1CCCC1)C(=O)N1C[C@@H](OS(=O)(=O)c2ccc(Br)cc2)C[C@H]1C(=O)N[C@]1(P(=O)(Cc2c(F)cccc2F)OCC)C[C@H]1C=C.C=CCCCC[C@@H](C)[C@H](NC(=O)OC1CCCC1)C(=O)N1C[C@@H](OS(=O)(=O)c2ccc(Br)cc2)C[C@H]1C(=O)OC.C=C[C@@H]1C[C@]1(N)P(=O)(Cc1c(F)cccc1F)OCC. The molecule has 4 aromatic rings. The third-order valence-corrected chi connectivity index (χ3v) is 32.5. The zero-order valence-corrected chi connectivity index (χ0v) is 73.8. The standard InChI is InChI=1S/C41H53BrF2N3O9PS.C28H39BrN2O8S.C14H18F2NO2P/c1-5-8-9-10-14-27(4)37(45-40(50)55-30-15-11-12-16-30)39(49)47-25-31(56-58(52,53)32-21-19-29(42)20-22-32)23-36(47)38(48)46-41(24-28(41)6-2)57(51,54-7-3)26-33-34(43)17-13-18-35(33)44;1-4-5-6-7-10-19(2)25(30-28(34)38-21-11-8-9-12-21)26(32)31-18-22(17-24(31)27(33)37-3)39-40(35,36)23-15-13-20(29)14-16-23;1-3-10-8-14(10,17)20(18,19-4-2)9-11-12(15)6-5-7-13(11)16/h5-6,13,17-22,27-28,30-31,36-37H,1-2,7-12,14-16,23-26H2,3-4H3,(H,45,50)(H,46,48);4,13-16,19,21-22,24-25H,1,5-12,17-18H2,2-3H3,(H,30,34);3,5-7,10H,1,4,8-9,17H2,2H3/t27-,28-,31+,36+,37+,41+,57?;19-,22+,24+,25+;10-,14+,20?/m111/s1. The summed E-state index contributed by atoms with van der Waals surface area (Å²) in [4.78, 5) is 84.3. The number of rotatable bonds is 39. The van der Waals surface area contributed by atoms with Gasteiger partial charge >= 0.3 is 18.2 Å². The van der Waals surface area contributed by atoms with Crippen molar-refractivity contribution in [3.05, 3.63) is 179 Å². The lowest BCUT2D eigenvalue weighted by atomic mass is 9.94. The lowest BCUT2D eigenvalue weighted by Crippen LogP contribution is -2.57. The Balaban J connectivity index is 0.000000248. The van der Waals surface area contributed by atoms with E-state index in [1.165, 1.54) is 71.5 Å². The molecule has 0 radical (unpaired) electrons. The molecule has 2 heterocycles. The molecule has 6 aliphatic rings. The van der Waals surface area contributed by atoms with Gasteiger partial charge in [0.1, 0.15) is 70.2 Å². The van der Waals surface area contributed by atoms with Gasteiger partial charge in [-0.1, -0.05) is 95.0 Å². The average molecular weight is 1860 g/mol. The molecule has 2 saturated heterocycles. The third kappa shape index (κ3) is 24.9. The van der Waals surface area contributed by atoms with Crippen LogP contribution in [0.4, 0.5) is 27.2 Å². The van der Waals surface area contributed by atoms with Crippen LogP contribution in [0.5, 0.6) is 0 Å². The molecule has 5 amide bonds. The van der Waals surface area contributed by atoms with Crippen LogP contribution in [0.15, 0.2) is 154 Å². The molecule has 10 rings (SSSR count). The summed E-state index contributed by atoms with van der Waals surface area (Å²) in [5.74, 6) is -7.51. The van der Waals surface area contributed by atoms with Gasteiger partial charge in [-0.05, 0) is 201 Å². The number of nitrogens with zero attached hydrogens (tertiary/aromatic N) is 2. The number of hydrogen-bond donors (Lipinski definition) is 4. The summed E-state index contributed by atoms with van der Waals surface area (Å²) < 4.78 is 178. The highest BCUT2D eigenvalue weighted by Gasteiger charge is 2.67. The molecule has 118 heavy (non-hydrogen) atoms. The van der Waals surface area contributed by atoms with Crippen molar-refractivity contribution >= 4 is 103 Å². The summed E-state index contributed by atoms with van der Waals surface area (Å²) in [6, 6.07) is 13.9. The van der Waals surface area contributed by atoms with Gasteiger partial charge in [-0.2, -0.15) is 16.8 Å². The predicted octanol–water partition coefficient (Wildman–Crippen LogP) is 16.7. The van der Waals surface area contributed by atoms with E-state index in [1.54, 1.807) is 45.1 Å². The van der Waals surface area contributed by atoms with E-state index in [1.807, 2.05) is 13.0 Å². The maximum atomic E-state index is 15.0. The molecule has 4 aliphatic carbocycles. The van der Waals surface area contributed by atoms with Crippen molar-refractivity contribution in [2.45, 2.75) is 237 Å². The molecule has 2 aliphatic heterocycles. The first-order chi connectivity index (χ1) is 56.0. The normalized spacial score (nSPS) is 23.7. The number of carbonyl (C=O) groups is 6. The fourth-order valence-corrected chi connectivity index (χ4v) is 24.1. The van der Waals surface area contributed by atoms with Crippen molar-refractivity contribution in [1.82, 2.24) is 25.8 Å². The molecule has 0 spiro atoms. The van der Waals surface area contributed by atoms with E-state index >= 15 is 0 Å². The minimum atomic E-state index is -4.39. The molecule has 6 fully saturated rings. The highest BCUT2D eigenvalue weighted by atomic mass is 79.9. The fraction of sp³-hybridized carbons (Fsp3) is 0.542. The van der Waals surface area contributed by atoms with Gasteiger partial charge in [0.25, 0.3) is 20.2 Å². The Bertz CT molecular complexity index is 4490. The van der Waals surface area contributed by atoms with Crippen LogP contribution in [0.1, 0.15) is 167 Å². The summed E-state index contributed by atoms with van der Waals surface area (Å²) in [5.41, 5.74) is 5.41. The maximum Gasteiger partial charge on any atom is 0.408 e. The molecule has 0 bridgehead atoms. The van der Waals surface area contributed by atoms with Crippen LogP contribution in [0, 0.1) is 46.9 Å². The number of esters is 1. The number of likely N-dealkylation sites (tertiary alicyclic amines) is 2. The van der Waals surface area contributed by atoms with Crippen LogP contribution in [-0.2, 0) is 92.5 Å². The van der Waals surface area contributed by atoms with Crippen LogP contribution in [-0.4, -0.2) is 155 Å². The second-order valence-electron chi connectivity index (χ2n) is 30.6. The smallest absolute Gasteiger partial charge is 0.408 e. The Morgan fingerprint density at radius 2 is 0.966 bits per heavy atom. The highest BCUT2D eigenvalue weighted by molar-refractivity contribution is 9.10. The van der Waals surface area contributed by atoms with Gasteiger partial charge in [-0.25, -0.2) is 31.9 Å². The average Bonchev–Trinajstić information content (AvgIpc) is 1.55. The van der Waals surface area contributed by atoms with Crippen LogP contribution < -0.4 is 21.7 Å². The molecule has 14 atom stereocenters. The van der Waals surface area contributed by atoms with Crippen molar-refractivity contribution < 1.29 is 104 Å². The number of nitrogens with one attached hydrogen (secondary N) is 3. The van der Waals surface area contributed by atoms with Crippen LogP contribution in [0.3, 0.4) is 0 Å². The molecule has 5 N–H and O–H groups in total. The molecule has 0 aromatic heterocycles. The second-order valence-corrected chi connectivity index (χ2v) is 41.1. The number of methoxy groups -OCH3 is 1. The predicted molar refractivity (Wildman–Crippen MR) is 445 cm³/mol. The van der Waals surface area contributed by atoms with Gasteiger partial charge in [-0.3, -0.25) is 31.9 Å². The van der Waals surface area contributed by atoms with Crippen molar-refractivity contribution in [2.75, 3.05) is 33.4 Å². The number of hydrogen-bond acceptors (Lipinski definition) is 20. The number of carbonyl (C=O) groups excluding carboxylic acids is 6. The number of halogens is 6. The summed E-state index contributed by atoms with van der Waals surface area (Å²) in [6.45, 7) is 21.4. The van der Waals surface area contributed by atoms with Crippen LogP contribution >= 0.6 is 46.6 Å². The zero-order valence-electron chi connectivity index (χ0n) is 67.2. The van der Waals surface area contributed by atoms with Crippen molar-refractivity contribution in [1.29, 1.82) is 0 Å². The van der Waals surface area contributed by atoms with Gasteiger partial charge in [0.05, 0.1) is 54.6 Å². The fourth-order valence-electron chi connectivity index (χ4n) is 15.5. The van der Waals surface area contributed by atoms with Gasteiger partial charge in [0, 0.05) is 57.8 Å². The van der Waals surface area contributed by atoms with Gasteiger partial charge < -0.3 is 54.7 Å². The van der Waals surface area contributed by atoms with Crippen LogP contribution in [0.25, 0.3) is 0 Å². The Kier molecular flexibility index (Phi) is 35.8. The zero-order chi connectivity index (χ0) is 86.5. The van der Waals surface area contributed by atoms with Crippen LogP contribution in [0.2, 0.25) is 0 Å². The lowest BCUT2D eigenvalue weighted by molar-refractivity contribution is -0.152. The number of alkyl carbamates (subject to hydrolysis) is 2. The van der Waals surface area contributed by atoms with E-state index in [2.05, 4.69) is 74.1 Å². The van der Waals surface area contributed by atoms with Crippen molar-refractivity contribution in [3.63, 3.8) is 0 Å². The molecule has 25 nitrogen and oxygen atoms in total. The minimum Gasteiger partial charge on any atom is -0.467 e. The molecule has 4 aromatic carbocycles. The monoisotopic (exact) mass is 1850 g/mol. The van der Waals surface area contributed by atoms with E-state index in [-0.39, 0.29) is 91.1 Å². The number of nitrogens with two attached hydrogens (primary N) is 1. The number of ether oxygens (including phenoxy) is 3. The summed E-state index contributed by atoms with van der Waals surface area (Å²) in [7, 11) is -14.9. The summed E-state index contributed by atoms with van der Waals surface area (Å²) in [5, 5.41) is 5.64. The second kappa shape index (κ2) is 43.7. The summed E-state index contributed by atoms with van der Waals surface area (Å²) in [6.07, 6.45) is 14.5. The van der Waals surface area contributed by atoms with Crippen molar-refractivity contribution in [3.8, 4) is 0 Å². The first-order valence-corrected chi connectivity index (χ1v) is 47.9. The van der Waals surface area contributed by atoms with E-state index < -0.39 is 165 Å². The third-order valence-electron chi connectivity index (χ3n) is 22.3. The van der Waals surface area contributed by atoms with Gasteiger partial charge in [0.2, 0.25) is 32.5 Å². The molecule has 35 heteroatoms. The lowest BCUT2D eigenvalue weighted by Gasteiger charge is -2.34. The van der Waals surface area contributed by atoms with Gasteiger partial charge in [0.15, 0.2) is 0 Å². The first-order valence-electron chi connectivity index (χ1n) is 39.9. The number of benzene rings is 4. The number of allylic oxidation sites excluding steroid dienone is 2. The molecule has 4 saturated carbocycles. The van der Waals surface area contributed by atoms with E-state index in [0.29, 0.717) is 47.5 Å². The van der Waals surface area contributed by atoms with Crippen molar-refractivity contribution in [2.24, 2.45) is 29.4 Å². The van der Waals surface area contributed by atoms with E-state index in [4.69, 9.17) is 37.4 Å². The minimum absolute atomic E-state index is 0.0440. The molecular weight excluding hydrogens is 1750 g/mol. The van der Waals surface area contributed by atoms with Gasteiger partial charge in [-0.15, -0.1) is 26.3 Å². The molecule has 2 unspecified atom stereocenters. The highest BCUT2D eigenvalue weighted by Crippen LogP contribution is 2.74. The Morgan fingerprint density at radius 1 is 0.576 bits per heavy atom. The Morgan fingerprint density at radius 3 is 1.34 bits per heavy atom. The maximum absolute atomic E-state index is 15.0.